The fraction of sp³-hybridized carbons (Fsp3) is 0.133. The molecule has 0 saturated carbocycles. The third-order valence-corrected chi connectivity index (χ3v) is 3.24. The van der Waals surface area contributed by atoms with E-state index < -0.39 is 28.5 Å². The fourth-order valence-corrected chi connectivity index (χ4v) is 2.14. The molecule has 1 aromatic carbocycles. The molecule has 2 aromatic rings. The first kappa shape index (κ1) is 17.0. The van der Waals surface area contributed by atoms with E-state index in [0.717, 1.165) is 18.3 Å². The summed E-state index contributed by atoms with van der Waals surface area (Å²) in [5, 5.41) is 1.56. The van der Waals surface area contributed by atoms with Crippen LogP contribution in [0.1, 0.15) is 31.8 Å². The third kappa shape index (κ3) is 3.87. The highest BCUT2D eigenvalue weighted by Crippen LogP contribution is 2.32. The van der Waals surface area contributed by atoms with Crippen LogP contribution in [-0.4, -0.2) is 16.1 Å². The lowest BCUT2D eigenvalue weighted by molar-refractivity contribution is -0.137. The number of aryl methyl sites for hydroxylation is 1. The molecule has 1 N–H and O–H groups in total. The summed E-state index contributed by atoms with van der Waals surface area (Å²) < 4.78 is 38.7. The molecular formula is C15H10ClF3N2O2. The number of nitrogens with zero attached hydrogens (tertiary/aromatic N) is 1. The molecule has 8 heteroatoms. The summed E-state index contributed by atoms with van der Waals surface area (Å²) in [5.41, 5.74) is -0.960. The van der Waals surface area contributed by atoms with E-state index in [0.29, 0.717) is 5.56 Å². The number of halogens is 4. The minimum Gasteiger partial charge on any atom is -0.307 e. The molecule has 0 bridgehead atoms. The summed E-state index contributed by atoms with van der Waals surface area (Å²) in [6.45, 7) is 1.57. The fourth-order valence-electron chi connectivity index (χ4n) is 1.94. The Morgan fingerprint density at radius 2 is 1.83 bits per heavy atom. The van der Waals surface area contributed by atoms with E-state index in [4.69, 9.17) is 11.6 Å². The molecule has 4 nitrogen and oxygen atoms in total. The Bertz CT molecular complexity index is 776. The molecule has 0 aliphatic carbocycles. The van der Waals surface area contributed by atoms with Gasteiger partial charge in [-0.1, -0.05) is 12.1 Å². The number of carbonyl (C=O) groups excluding carboxylic acids is 2. The van der Waals surface area contributed by atoms with E-state index in [1.807, 2.05) is 0 Å². The van der Waals surface area contributed by atoms with Crippen molar-refractivity contribution in [2.75, 3.05) is 5.32 Å². The molecule has 1 heterocycles. The summed E-state index contributed by atoms with van der Waals surface area (Å²) in [6.07, 6.45) is -3.50. The van der Waals surface area contributed by atoms with Gasteiger partial charge in [-0.15, -0.1) is 0 Å². The highest BCUT2D eigenvalue weighted by atomic mass is 35.5. The minimum atomic E-state index is -4.65. The largest absolute Gasteiger partial charge is 0.417 e. The Balaban J connectivity index is 2.30. The molecule has 2 rings (SSSR count). The molecule has 1 amide bonds. The normalized spacial score (nSPS) is 11.2. The second-order valence-corrected chi connectivity index (χ2v) is 5.00. The van der Waals surface area contributed by atoms with Crippen LogP contribution in [0.5, 0.6) is 0 Å². The van der Waals surface area contributed by atoms with Crippen LogP contribution in [0.3, 0.4) is 0 Å². The van der Waals surface area contributed by atoms with Crippen molar-refractivity contribution >= 4 is 28.6 Å². The number of amides is 1. The number of pyridine rings is 1. The average Bonchev–Trinajstić information content (AvgIpc) is 2.46. The Kier molecular flexibility index (Phi) is 4.70. The first-order valence-corrected chi connectivity index (χ1v) is 6.72. The van der Waals surface area contributed by atoms with Crippen LogP contribution in [0.4, 0.5) is 19.0 Å². The first-order valence-electron chi connectivity index (χ1n) is 6.34. The number of anilines is 1. The van der Waals surface area contributed by atoms with E-state index in [1.54, 1.807) is 6.92 Å². The van der Waals surface area contributed by atoms with E-state index in [9.17, 15) is 22.8 Å². The highest BCUT2D eigenvalue weighted by molar-refractivity contribution is 6.67. The lowest BCUT2D eigenvalue weighted by Gasteiger charge is -2.12. The molecule has 0 spiro atoms. The van der Waals surface area contributed by atoms with Crippen LogP contribution in [-0.2, 0) is 6.18 Å². The van der Waals surface area contributed by atoms with Crippen molar-refractivity contribution in [2.24, 2.45) is 0 Å². The maximum atomic E-state index is 12.9. The average molecular weight is 343 g/mol. The van der Waals surface area contributed by atoms with Crippen LogP contribution < -0.4 is 5.32 Å². The second kappa shape index (κ2) is 6.37. The van der Waals surface area contributed by atoms with Gasteiger partial charge in [0.1, 0.15) is 5.82 Å². The van der Waals surface area contributed by atoms with Crippen molar-refractivity contribution in [1.82, 2.24) is 4.98 Å². The van der Waals surface area contributed by atoms with Crippen LogP contribution in [0.25, 0.3) is 0 Å². The zero-order valence-electron chi connectivity index (χ0n) is 11.7. The molecule has 23 heavy (non-hydrogen) atoms. The summed E-state index contributed by atoms with van der Waals surface area (Å²) in [7, 11) is 0. The number of aromatic nitrogens is 1. The van der Waals surface area contributed by atoms with Crippen LogP contribution in [0, 0.1) is 6.92 Å². The van der Waals surface area contributed by atoms with Crippen molar-refractivity contribution in [3.63, 3.8) is 0 Å². The van der Waals surface area contributed by atoms with Crippen LogP contribution in [0.2, 0.25) is 0 Å². The van der Waals surface area contributed by atoms with Gasteiger partial charge >= 0.3 is 6.18 Å². The van der Waals surface area contributed by atoms with Crippen LogP contribution in [0.15, 0.2) is 36.5 Å². The minimum absolute atomic E-state index is 0.0196. The van der Waals surface area contributed by atoms with Gasteiger partial charge in [0.05, 0.1) is 16.7 Å². The number of carbonyl (C=O) groups is 2. The number of hydrogen-bond acceptors (Lipinski definition) is 3. The molecule has 0 unspecified atom stereocenters. The molecule has 0 aliphatic heterocycles. The zero-order valence-corrected chi connectivity index (χ0v) is 12.5. The summed E-state index contributed by atoms with van der Waals surface area (Å²) in [4.78, 5) is 27.0. The highest BCUT2D eigenvalue weighted by Gasteiger charge is 2.34. The van der Waals surface area contributed by atoms with Gasteiger partial charge in [0.2, 0.25) is 0 Å². The molecule has 0 fully saturated rings. The molecule has 120 valence electrons. The predicted octanol–water partition coefficient (Wildman–Crippen LogP) is 4.04. The zero-order chi connectivity index (χ0) is 17.2. The lowest BCUT2D eigenvalue weighted by atomic mass is 10.1. The van der Waals surface area contributed by atoms with Crippen molar-refractivity contribution in [2.45, 2.75) is 13.1 Å². The maximum absolute atomic E-state index is 12.9. The predicted molar refractivity (Wildman–Crippen MR) is 78.6 cm³/mol. The Labute approximate surface area is 134 Å². The van der Waals surface area contributed by atoms with Gasteiger partial charge in [-0.3, -0.25) is 9.59 Å². The maximum Gasteiger partial charge on any atom is 0.417 e. The number of benzene rings is 1. The van der Waals surface area contributed by atoms with E-state index in [2.05, 4.69) is 10.3 Å². The topological polar surface area (TPSA) is 59.1 Å². The molecule has 0 aliphatic rings. The van der Waals surface area contributed by atoms with Gasteiger partial charge in [-0.25, -0.2) is 4.98 Å². The van der Waals surface area contributed by atoms with Crippen molar-refractivity contribution in [3.8, 4) is 0 Å². The molecule has 0 atom stereocenters. The number of alkyl halides is 3. The first-order chi connectivity index (χ1) is 10.7. The summed E-state index contributed by atoms with van der Waals surface area (Å²) in [5.74, 6) is -0.930. The SMILES string of the molecule is Cc1cc(NC(=O)c2ccccc2C(F)(F)F)ncc1C(=O)Cl. The number of hydrogen-bond donors (Lipinski definition) is 1. The van der Waals surface area contributed by atoms with E-state index in [1.165, 1.54) is 18.2 Å². The standard InChI is InChI=1S/C15H10ClF3N2O2/c1-8-6-12(20-7-10(8)13(16)22)21-14(23)9-4-2-3-5-11(9)15(17,18)19/h2-7H,1H3,(H,20,21,23). The smallest absolute Gasteiger partial charge is 0.307 e. The summed E-state index contributed by atoms with van der Waals surface area (Å²) in [6, 6.07) is 5.77. The Hall–Kier alpha value is -2.41. The third-order valence-electron chi connectivity index (χ3n) is 3.04. The van der Waals surface area contributed by atoms with E-state index >= 15 is 0 Å². The van der Waals surface area contributed by atoms with Crippen molar-refractivity contribution in [1.29, 1.82) is 0 Å². The molecule has 1 aromatic heterocycles. The van der Waals surface area contributed by atoms with Gasteiger partial charge in [0.15, 0.2) is 0 Å². The second-order valence-electron chi connectivity index (χ2n) is 4.66. The monoisotopic (exact) mass is 342 g/mol. The molecule has 0 radical (unpaired) electrons. The van der Waals surface area contributed by atoms with E-state index in [-0.39, 0.29) is 11.4 Å². The van der Waals surface area contributed by atoms with Crippen LogP contribution >= 0.6 is 11.6 Å². The summed E-state index contributed by atoms with van der Waals surface area (Å²) >= 11 is 5.34. The van der Waals surface area contributed by atoms with Crippen molar-refractivity contribution in [3.05, 3.63) is 58.8 Å². The molecular weight excluding hydrogens is 333 g/mol. The van der Waals surface area contributed by atoms with Gasteiger partial charge in [-0.2, -0.15) is 13.2 Å². The quantitative estimate of drug-likeness (QED) is 0.856. The Morgan fingerprint density at radius 3 is 2.39 bits per heavy atom. The van der Waals surface area contributed by atoms with Gasteiger partial charge in [-0.05, 0) is 42.3 Å². The molecule has 0 saturated heterocycles. The Morgan fingerprint density at radius 1 is 1.17 bits per heavy atom. The number of nitrogens with one attached hydrogen (secondary N) is 1. The lowest BCUT2D eigenvalue weighted by Crippen LogP contribution is -2.19. The number of rotatable bonds is 3. The van der Waals surface area contributed by atoms with Gasteiger partial charge in [0, 0.05) is 6.20 Å². The van der Waals surface area contributed by atoms with Gasteiger partial charge in [0.25, 0.3) is 11.1 Å². The van der Waals surface area contributed by atoms with Gasteiger partial charge < -0.3 is 5.32 Å². The van der Waals surface area contributed by atoms with Crippen molar-refractivity contribution < 1.29 is 22.8 Å².